The van der Waals surface area contributed by atoms with E-state index in [9.17, 15) is 0 Å². The molecule has 0 unspecified atom stereocenters. The van der Waals surface area contributed by atoms with Crippen LogP contribution in [0.25, 0.3) is 10.9 Å². The van der Waals surface area contributed by atoms with Crippen LogP contribution in [-0.4, -0.2) is 36.1 Å². The van der Waals surface area contributed by atoms with Crippen molar-refractivity contribution in [3.05, 3.63) is 41.6 Å². The van der Waals surface area contributed by atoms with E-state index in [2.05, 4.69) is 59.4 Å². The summed E-state index contributed by atoms with van der Waals surface area (Å²) in [4.78, 5) is 7.25. The molecular weight excluding hydrogens is 341 g/mol. The fourth-order valence-corrected chi connectivity index (χ4v) is 3.46. The number of pyridine rings is 1. The number of para-hydroxylation sites is 1. The van der Waals surface area contributed by atoms with Crippen molar-refractivity contribution in [1.29, 1.82) is 0 Å². The molecule has 1 N–H and O–H groups in total. The zero-order valence-electron chi connectivity index (χ0n) is 14.6. The maximum atomic E-state index is 4.65. The second kappa shape index (κ2) is 10.2. The van der Waals surface area contributed by atoms with Gasteiger partial charge in [0.15, 0.2) is 0 Å². The van der Waals surface area contributed by atoms with Gasteiger partial charge in [0, 0.05) is 17.6 Å². The van der Waals surface area contributed by atoms with Crippen molar-refractivity contribution in [3.8, 4) is 0 Å². The van der Waals surface area contributed by atoms with Crippen LogP contribution in [0.4, 0.5) is 0 Å². The molecule has 0 bridgehead atoms. The van der Waals surface area contributed by atoms with Crippen molar-refractivity contribution < 1.29 is 0 Å². The topological polar surface area (TPSA) is 28.2 Å². The first kappa shape index (κ1) is 21.2. The number of hydrogen-bond acceptors (Lipinski definition) is 3. The number of benzene rings is 1. The predicted molar refractivity (Wildman–Crippen MR) is 108 cm³/mol. The van der Waals surface area contributed by atoms with Crippen LogP contribution in [-0.2, 0) is 6.54 Å². The summed E-state index contributed by atoms with van der Waals surface area (Å²) in [5, 5.41) is 4.80. The van der Waals surface area contributed by atoms with Gasteiger partial charge < -0.3 is 5.32 Å². The zero-order valence-corrected chi connectivity index (χ0v) is 16.3. The molecule has 5 heteroatoms. The Balaban J connectivity index is 0.00000144. The molecule has 1 aliphatic rings. The molecule has 1 aliphatic heterocycles. The normalized spacial score (nSPS) is 15.8. The molecule has 0 saturated carbocycles. The Morgan fingerprint density at radius 3 is 2.58 bits per heavy atom. The van der Waals surface area contributed by atoms with Gasteiger partial charge in [0.1, 0.15) is 0 Å². The number of aromatic nitrogens is 1. The minimum absolute atomic E-state index is 0. The second-order valence-corrected chi connectivity index (χ2v) is 6.47. The second-order valence-electron chi connectivity index (χ2n) is 6.47. The Kier molecular flexibility index (Phi) is 8.99. The Morgan fingerprint density at radius 1 is 1.17 bits per heavy atom. The van der Waals surface area contributed by atoms with Gasteiger partial charge in [-0.05, 0) is 69.6 Å². The number of nitrogens with zero attached hydrogens (tertiary/aromatic N) is 2. The van der Waals surface area contributed by atoms with E-state index in [1.165, 1.54) is 43.4 Å². The summed E-state index contributed by atoms with van der Waals surface area (Å²) in [6.45, 7) is 10.0. The highest BCUT2D eigenvalue weighted by atomic mass is 35.5. The molecule has 0 aliphatic carbocycles. The summed E-state index contributed by atoms with van der Waals surface area (Å²) >= 11 is 0. The van der Waals surface area contributed by atoms with Crippen LogP contribution in [0.2, 0.25) is 0 Å². The summed E-state index contributed by atoms with van der Waals surface area (Å²) in [6, 6.07) is 10.8. The first-order valence-electron chi connectivity index (χ1n) is 8.54. The molecule has 0 amide bonds. The fraction of sp³-hybridized carbons (Fsp3) is 0.526. The lowest BCUT2D eigenvalue weighted by Gasteiger charge is -2.32. The van der Waals surface area contributed by atoms with Gasteiger partial charge in [-0.3, -0.25) is 9.88 Å². The summed E-state index contributed by atoms with van der Waals surface area (Å²) < 4.78 is 0. The quantitative estimate of drug-likeness (QED) is 0.855. The van der Waals surface area contributed by atoms with Crippen LogP contribution in [0.5, 0.6) is 0 Å². The third-order valence-electron chi connectivity index (χ3n) is 4.71. The van der Waals surface area contributed by atoms with E-state index >= 15 is 0 Å². The standard InChI is InChI=1S/C19H27N3.2ClH/c1-3-20-13-16-8-10-22(11-9-16)14-17-12-15(2)21-19-7-5-4-6-18(17)19;;/h4-7,12,16,20H,3,8-11,13-14H2,1-2H3;2*1H. The van der Waals surface area contributed by atoms with Gasteiger partial charge in [0.25, 0.3) is 0 Å². The largest absolute Gasteiger partial charge is 0.317 e. The lowest BCUT2D eigenvalue weighted by atomic mass is 9.96. The number of fused-ring (bicyclic) bond motifs is 1. The number of nitrogens with one attached hydrogen (secondary N) is 1. The molecule has 0 spiro atoms. The molecule has 1 fully saturated rings. The molecule has 1 aromatic carbocycles. The van der Waals surface area contributed by atoms with E-state index < -0.39 is 0 Å². The van der Waals surface area contributed by atoms with Gasteiger partial charge in [0.05, 0.1) is 5.52 Å². The maximum Gasteiger partial charge on any atom is 0.0708 e. The van der Waals surface area contributed by atoms with Crippen LogP contribution in [0, 0.1) is 12.8 Å². The number of hydrogen-bond donors (Lipinski definition) is 1. The molecule has 24 heavy (non-hydrogen) atoms. The molecule has 0 atom stereocenters. The Hall–Kier alpha value is -0.870. The smallest absolute Gasteiger partial charge is 0.0708 e. The third-order valence-corrected chi connectivity index (χ3v) is 4.71. The van der Waals surface area contributed by atoms with E-state index in [1.54, 1.807) is 0 Å². The van der Waals surface area contributed by atoms with Crippen molar-refractivity contribution in [2.45, 2.75) is 33.2 Å². The van der Waals surface area contributed by atoms with Gasteiger partial charge in [-0.25, -0.2) is 0 Å². The molecule has 1 saturated heterocycles. The molecular formula is C19H29Cl2N3. The van der Waals surface area contributed by atoms with E-state index in [1.807, 2.05) is 0 Å². The number of halogens is 2. The first-order valence-corrected chi connectivity index (χ1v) is 8.54. The lowest BCUT2D eigenvalue weighted by Crippen LogP contribution is -2.36. The molecule has 3 rings (SSSR count). The van der Waals surface area contributed by atoms with E-state index in [4.69, 9.17) is 0 Å². The molecule has 1 aromatic heterocycles. The number of likely N-dealkylation sites (tertiary alicyclic amines) is 1. The Bertz CT molecular complexity index is 625. The average Bonchev–Trinajstić information content (AvgIpc) is 2.54. The van der Waals surface area contributed by atoms with Crippen LogP contribution >= 0.6 is 24.8 Å². The predicted octanol–water partition coefficient (Wildman–Crippen LogP) is 4.21. The highest BCUT2D eigenvalue weighted by molar-refractivity contribution is 5.85. The van der Waals surface area contributed by atoms with Crippen molar-refractivity contribution in [3.63, 3.8) is 0 Å². The van der Waals surface area contributed by atoms with Crippen LogP contribution in [0.1, 0.15) is 31.0 Å². The summed E-state index contributed by atoms with van der Waals surface area (Å²) in [5.74, 6) is 0.854. The minimum atomic E-state index is 0. The van der Waals surface area contributed by atoms with Crippen molar-refractivity contribution in [2.75, 3.05) is 26.2 Å². The monoisotopic (exact) mass is 369 g/mol. The summed E-state index contributed by atoms with van der Waals surface area (Å²) in [5.41, 5.74) is 3.67. The Morgan fingerprint density at radius 2 is 1.88 bits per heavy atom. The van der Waals surface area contributed by atoms with Gasteiger partial charge >= 0.3 is 0 Å². The number of piperidine rings is 1. The summed E-state index contributed by atoms with van der Waals surface area (Å²) in [7, 11) is 0. The van der Waals surface area contributed by atoms with Gasteiger partial charge in [-0.2, -0.15) is 0 Å². The molecule has 0 radical (unpaired) electrons. The van der Waals surface area contributed by atoms with Crippen molar-refractivity contribution in [2.24, 2.45) is 5.92 Å². The Labute approximate surface area is 158 Å². The highest BCUT2D eigenvalue weighted by Gasteiger charge is 2.19. The highest BCUT2D eigenvalue weighted by Crippen LogP contribution is 2.23. The molecule has 134 valence electrons. The number of aryl methyl sites for hydroxylation is 1. The van der Waals surface area contributed by atoms with Gasteiger partial charge in [-0.1, -0.05) is 25.1 Å². The SMILES string of the molecule is CCNCC1CCN(Cc2cc(C)nc3ccccc23)CC1.Cl.Cl. The van der Waals surface area contributed by atoms with E-state index in [-0.39, 0.29) is 24.8 Å². The maximum absolute atomic E-state index is 4.65. The summed E-state index contributed by atoms with van der Waals surface area (Å²) in [6.07, 6.45) is 2.63. The molecule has 3 nitrogen and oxygen atoms in total. The van der Waals surface area contributed by atoms with Crippen LogP contribution in [0.15, 0.2) is 30.3 Å². The minimum Gasteiger partial charge on any atom is -0.317 e. The van der Waals surface area contributed by atoms with Crippen LogP contribution in [0.3, 0.4) is 0 Å². The van der Waals surface area contributed by atoms with Gasteiger partial charge in [-0.15, -0.1) is 24.8 Å². The van der Waals surface area contributed by atoms with E-state index in [0.717, 1.165) is 30.2 Å². The first-order chi connectivity index (χ1) is 10.8. The zero-order chi connectivity index (χ0) is 15.4. The van der Waals surface area contributed by atoms with Crippen LogP contribution < -0.4 is 5.32 Å². The number of rotatable bonds is 5. The van der Waals surface area contributed by atoms with E-state index in [0.29, 0.717) is 0 Å². The van der Waals surface area contributed by atoms with Gasteiger partial charge in [0.2, 0.25) is 0 Å². The van der Waals surface area contributed by atoms with Crippen molar-refractivity contribution in [1.82, 2.24) is 15.2 Å². The third kappa shape index (κ3) is 5.32. The molecule has 2 heterocycles. The fourth-order valence-electron chi connectivity index (χ4n) is 3.46. The molecule has 2 aromatic rings. The average molecular weight is 370 g/mol. The van der Waals surface area contributed by atoms with Crippen molar-refractivity contribution >= 4 is 35.7 Å². The lowest BCUT2D eigenvalue weighted by molar-refractivity contribution is 0.176.